The quantitative estimate of drug-likeness (QED) is 0.496. The Kier molecular flexibility index (Phi) is 5.02. The lowest BCUT2D eigenvalue weighted by Crippen LogP contribution is -2.47. The normalized spacial score (nSPS) is 14.2. The first-order chi connectivity index (χ1) is 15.6. The van der Waals surface area contributed by atoms with Crippen molar-refractivity contribution in [1.29, 1.82) is 5.26 Å². The third kappa shape index (κ3) is 3.26. The fraction of sp³-hybridized carbons (Fsp3) is 0.333. The molecular formula is C24H26N8. The third-order valence-electron chi connectivity index (χ3n) is 6.09. The monoisotopic (exact) mass is 426 g/mol. The van der Waals surface area contributed by atoms with E-state index in [1.54, 1.807) is 0 Å². The van der Waals surface area contributed by atoms with E-state index in [1.165, 1.54) is 0 Å². The van der Waals surface area contributed by atoms with E-state index in [-0.39, 0.29) is 0 Å². The molecule has 0 amide bonds. The van der Waals surface area contributed by atoms with E-state index in [4.69, 9.17) is 9.97 Å². The molecule has 0 aliphatic carbocycles. The molecule has 0 radical (unpaired) electrons. The van der Waals surface area contributed by atoms with Crippen LogP contribution in [0.3, 0.4) is 0 Å². The fourth-order valence-corrected chi connectivity index (χ4v) is 4.39. The lowest BCUT2D eigenvalue weighted by Gasteiger charge is -2.37. The van der Waals surface area contributed by atoms with Gasteiger partial charge in [0.1, 0.15) is 17.7 Å². The molecule has 0 saturated carbocycles. The van der Waals surface area contributed by atoms with E-state index in [0.29, 0.717) is 5.56 Å². The second kappa shape index (κ2) is 8.00. The molecule has 1 saturated heterocycles. The molecule has 3 aromatic heterocycles. The Labute approximate surface area is 187 Å². The van der Waals surface area contributed by atoms with Crippen molar-refractivity contribution in [3.05, 3.63) is 53.7 Å². The molecule has 8 heteroatoms. The molecule has 1 fully saturated rings. The van der Waals surface area contributed by atoms with Gasteiger partial charge in [0, 0.05) is 46.5 Å². The van der Waals surface area contributed by atoms with Crippen molar-refractivity contribution in [3.63, 3.8) is 0 Å². The fourth-order valence-electron chi connectivity index (χ4n) is 4.39. The van der Waals surface area contributed by atoms with Crippen LogP contribution in [0.4, 0.5) is 17.6 Å². The van der Waals surface area contributed by atoms with Crippen LogP contribution >= 0.6 is 0 Å². The maximum Gasteiger partial charge on any atom is 0.226 e. The van der Waals surface area contributed by atoms with Crippen LogP contribution in [0.25, 0.3) is 16.7 Å². The van der Waals surface area contributed by atoms with Crippen molar-refractivity contribution in [2.45, 2.75) is 13.3 Å². The first kappa shape index (κ1) is 20.1. The van der Waals surface area contributed by atoms with Gasteiger partial charge in [-0.25, -0.2) is 9.97 Å². The van der Waals surface area contributed by atoms with Gasteiger partial charge in [-0.2, -0.15) is 10.2 Å². The molecule has 4 aromatic rings. The summed E-state index contributed by atoms with van der Waals surface area (Å²) in [6, 6.07) is 14.6. The predicted molar refractivity (Wildman–Crippen MR) is 128 cm³/mol. The summed E-state index contributed by atoms with van der Waals surface area (Å²) in [5.74, 6) is 2.77. The van der Waals surface area contributed by atoms with Crippen LogP contribution in [0, 0.1) is 11.3 Å². The maximum absolute atomic E-state index is 9.86. The van der Waals surface area contributed by atoms with Crippen molar-refractivity contribution in [2.24, 2.45) is 0 Å². The minimum absolute atomic E-state index is 0.670. The summed E-state index contributed by atoms with van der Waals surface area (Å²) in [6.45, 7) is 5.53. The lowest BCUT2D eigenvalue weighted by atomic mass is 10.1. The van der Waals surface area contributed by atoms with Crippen molar-refractivity contribution in [1.82, 2.24) is 19.4 Å². The van der Waals surface area contributed by atoms with E-state index in [1.807, 2.05) is 49.5 Å². The summed E-state index contributed by atoms with van der Waals surface area (Å²) in [7, 11) is 3.90. The van der Waals surface area contributed by atoms with Crippen LogP contribution in [0.2, 0.25) is 0 Å². The molecule has 0 unspecified atom stereocenters. The highest BCUT2D eigenvalue weighted by Crippen LogP contribution is 2.30. The van der Waals surface area contributed by atoms with Gasteiger partial charge in [-0.1, -0.05) is 19.1 Å². The molecule has 32 heavy (non-hydrogen) atoms. The molecule has 1 aliphatic rings. The van der Waals surface area contributed by atoms with Crippen molar-refractivity contribution < 1.29 is 0 Å². The zero-order valence-corrected chi connectivity index (χ0v) is 18.7. The second-order valence-electron chi connectivity index (χ2n) is 8.21. The first-order valence-corrected chi connectivity index (χ1v) is 10.9. The lowest BCUT2D eigenvalue weighted by molar-refractivity contribution is 0.639. The Bertz CT molecular complexity index is 1330. The summed E-state index contributed by atoms with van der Waals surface area (Å²) in [5.41, 5.74) is 4.40. The Balaban J connectivity index is 1.52. The number of benzene rings is 1. The molecule has 162 valence electrons. The predicted octanol–water partition coefficient (Wildman–Crippen LogP) is 3.10. The highest BCUT2D eigenvalue weighted by Gasteiger charge is 2.24. The number of nitrogens with zero attached hydrogens (tertiary/aromatic N) is 8. The molecule has 0 atom stereocenters. The van der Waals surface area contributed by atoms with Gasteiger partial charge in [-0.3, -0.25) is 4.40 Å². The first-order valence-electron chi connectivity index (χ1n) is 10.9. The Morgan fingerprint density at radius 2 is 1.78 bits per heavy atom. The maximum atomic E-state index is 9.86. The molecule has 0 N–H and O–H groups in total. The van der Waals surface area contributed by atoms with Gasteiger partial charge in [0.15, 0.2) is 5.65 Å². The molecular weight excluding hydrogens is 400 g/mol. The average Bonchev–Trinajstić information content (AvgIpc) is 3.22. The Hall–Kier alpha value is -3.86. The van der Waals surface area contributed by atoms with Crippen molar-refractivity contribution in [3.8, 4) is 6.07 Å². The number of hydrogen-bond donors (Lipinski definition) is 0. The summed E-state index contributed by atoms with van der Waals surface area (Å²) < 4.78 is 2.15. The highest BCUT2D eigenvalue weighted by atomic mass is 15.3. The average molecular weight is 427 g/mol. The molecule has 5 rings (SSSR count). The van der Waals surface area contributed by atoms with Crippen molar-refractivity contribution >= 4 is 34.3 Å². The Morgan fingerprint density at radius 3 is 2.50 bits per heavy atom. The molecule has 8 nitrogen and oxygen atoms in total. The Morgan fingerprint density at radius 1 is 1.03 bits per heavy atom. The van der Waals surface area contributed by atoms with Crippen LogP contribution in [0.1, 0.15) is 18.1 Å². The van der Waals surface area contributed by atoms with Gasteiger partial charge in [0.25, 0.3) is 0 Å². The number of para-hydroxylation sites is 2. The van der Waals surface area contributed by atoms with Gasteiger partial charge in [0.2, 0.25) is 5.95 Å². The number of piperazine rings is 1. The van der Waals surface area contributed by atoms with Crippen LogP contribution in [-0.4, -0.2) is 59.6 Å². The standard InChI is InChI=1S/C24H26N8/c1-4-17-15-22(32-20-8-6-5-7-19(20)27-23(32)18(17)16-25)31-13-11-30(12-14-31)21-9-10-26-24(28-21)29(2)3/h5-10,15H,4,11-14H2,1-3H3. The van der Waals surface area contributed by atoms with Gasteiger partial charge in [-0.05, 0) is 36.2 Å². The van der Waals surface area contributed by atoms with Crippen molar-refractivity contribution in [2.75, 3.05) is 55.0 Å². The van der Waals surface area contributed by atoms with E-state index < -0.39 is 0 Å². The number of nitriles is 1. The second-order valence-corrected chi connectivity index (χ2v) is 8.21. The van der Waals surface area contributed by atoms with E-state index in [0.717, 1.165) is 72.4 Å². The SMILES string of the molecule is CCc1cc(N2CCN(c3ccnc(N(C)C)n3)CC2)n2c(nc3ccccc32)c1C#N. The van der Waals surface area contributed by atoms with Crippen LogP contribution in [0.15, 0.2) is 42.6 Å². The molecule has 0 bridgehead atoms. The number of aromatic nitrogens is 4. The molecule has 1 aromatic carbocycles. The number of fused-ring (bicyclic) bond motifs is 3. The highest BCUT2D eigenvalue weighted by molar-refractivity contribution is 5.85. The number of pyridine rings is 1. The summed E-state index contributed by atoms with van der Waals surface area (Å²) in [4.78, 5) is 20.5. The van der Waals surface area contributed by atoms with Crippen LogP contribution in [0.5, 0.6) is 0 Å². The zero-order valence-electron chi connectivity index (χ0n) is 18.7. The van der Waals surface area contributed by atoms with Gasteiger partial charge >= 0.3 is 0 Å². The molecule has 1 aliphatic heterocycles. The van der Waals surface area contributed by atoms with Gasteiger partial charge in [0.05, 0.1) is 16.6 Å². The smallest absolute Gasteiger partial charge is 0.226 e. The summed E-state index contributed by atoms with van der Waals surface area (Å²) in [6.07, 6.45) is 2.61. The van der Waals surface area contributed by atoms with E-state index in [2.05, 4.69) is 44.3 Å². The minimum atomic E-state index is 0.670. The third-order valence-corrected chi connectivity index (χ3v) is 6.09. The number of rotatable bonds is 4. The molecule has 4 heterocycles. The van der Waals surface area contributed by atoms with Gasteiger partial charge < -0.3 is 14.7 Å². The van der Waals surface area contributed by atoms with Crippen LogP contribution in [-0.2, 0) is 6.42 Å². The number of aryl methyl sites for hydroxylation is 1. The summed E-state index contributed by atoms with van der Waals surface area (Å²) in [5, 5.41) is 9.86. The largest absolute Gasteiger partial charge is 0.354 e. The van der Waals surface area contributed by atoms with Gasteiger partial charge in [-0.15, -0.1) is 0 Å². The van der Waals surface area contributed by atoms with E-state index >= 15 is 0 Å². The van der Waals surface area contributed by atoms with Crippen LogP contribution < -0.4 is 14.7 Å². The topological polar surface area (TPSA) is 76.6 Å². The van der Waals surface area contributed by atoms with E-state index in [9.17, 15) is 5.26 Å². The molecule has 0 spiro atoms. The number of hydrogen-bond acceptors (Lipinski definition) is 7. The number of imidazole rings is 1. The minimum Gasteiger partial charge on any atom is -0.354 e. The summed E-state index contributed by atoms with van der Waals surface area (Å²) >= 11 is 0. The zero-order chi connectivity index (χ0) is 22.2. The number of anilines is 3.